The van der Waals surface area contributed by atoms with E-state index in [1.807, 2.05) is 17.5 Å². The van der Waals surface area contributed by atoms with Crippen molar-refractivity contribution in [1.29, 1.82) is 0 Å². The molecule has 0 aliphatic heterocycles. The maximum absolute atomic E-state index is 13.7. The highest BCUT2D eigenvalue weighted by Crippen LogP contribution is 2.23. The molecule has 1 aromatic carbocycles. The summed E-state index contributed by atoms with van der Waals surface area (Å²) in [4.78, 5) is 19.2. The van der Waals surface area contributed by atoms with Crippen LogP contribution in [0.5, 0.6) is 5.75 Å². The van der Waals surface area contributed by atoms with Crippen molar-refractivity contribution in [3.8, 4) is 16.5 Å². The van der Waals surface area contributed by atoms with Gasteiger partial charge in [0.2, 0.25) is 11.1 Å². The van der Waals surface area contributed by atoms with E-state index in [1.165, 1.54) is 24.9 Å². The highest BCUT2D eigenvalue weighted by molar-refractivity contribution is 7.99. The molecular weight excluding hydrogens is 375 g/mol. The molecule has 9 heteroatoms. The molecule has 0 fully saturated rings. The summed E-state index contributed by atoms with van der Waals surface area (Å²) in [5, 5.41) is 9.47. The Hall–Kier alpha value is -2.39. The molecule has 0 aliphatic carbocycles. The lowest BCUT2D eigenvalue weighted by Crippen LogP contribution is -2.27. The van der Waals surface area contributed by atoms with Crippen molar-refractivity contribution in [1.82, 2.24) is 20.1 Å². The molecule has 0 aliphatic rings. The van der Waals surface area contributed by atoms with Crippen LogP contribution in [0.2, 0.25) is 0 Å². The number of hydrogen-bond donors (Lipinski definition) is 1. The van der Waals surface area contributed by atoms with Gasteiger partial charge < -0.3 is 9.64 Å². The Labute approximate surface area is 158 Å². The van der Waals surface area contributed by atoms with Crippen LogP contribution in [-0.2, 0) is 11.3 Å². The first-order valence-electron chi connectivity index (χ1n) is 7.72. The van der Waals surface area contributed by atoms with E-state index in [1.54, 1.807) is 35.4 Å². The summed E-state index contributed by atoms with van der Waals surface area (Å²) >= 11 is 2.83. The second kappa shape index (κ2) is 8.33. The van der Waals surface area contributed by atoms with Crippen LogP contribution in [0.15, 0.2) is 40.9 Å². The monoisotopic (exact) mass is 392 g/mol. The van der Waals surface area contributed by atoms with E-state index in [9.17, 15) is 9.18 Å². The number of hydrogen-bond acceptors (Lipinski definition) is 6. The van der Waals surface area contributed by atoms with Crippen LogP contribution >= 0.6 is 23.1 Å². The van der Waals surface area contributed by atoms with Gasteiger partial charge in [0.1, 0.15) is 0 Å². The fraction of sp³-hybridized carbons (Fsp3) is 0.235. The molecule has 3 rings (SSSR count). The van der Waals surface area contributed by atoms with Crippen molar-refractivity contribution in [2.75, 3.05) is 19.9 Å². The smallest absolute Gasteiger partial charge is 0.233 e. The van der Waals surface area contributed by atoms with Crippen LogP contribution < -0.4 is 4.74 Å². The fourth-order valence-corrected chi connectivity index (χ4v) is 3.64. The number of nitrogens with zero attached hydrogens (tertiary/aromatic N) is 3. The van der Waals surface area contributed by atoms with Gasteiger partial charge in [0.05, 0.1) is 17.7 Å². The van der Waals surface area contributed by atoms with Gasteiger partial charge in [-0.2, -0.15) is 0 Å². The number of amides is 1. The average molecular weight is 392 g/mol. The maximum atomic E-state index is 13.7. The van der Waals surface area contributed by atoms with Crippen molar-refractivity contribution in [3.63, 3.8) is 0 Å². The normalized spacial score (nSPS) is 10.7. The van der Waals surface area contributed by atoms with Crippen molar-refractivity contribution < 1.29 is 13.9 Å². The van der Waals surface area contributed by atoms with Crippen molar-refractivity contribution in [3.05, 3.63) is 47.1 Å². The summed E-state index contributed by atoms with van der Waals surface area (Å²) in [5.41, 5.74) is 0.696. The summed E-state index contributed by atoms with van der Waals surface area (Å²) in [5.74, 6) is 0.550. The minimum absolute atomic E-state index is 0.0892. The molecule has 0 saturated carbocycles. The summed E-state index contributed by atoms with van der Waals surface area (Å²) in [6.07, 6.45) is 0. The van der Waals surface area contributed by atoms with Gasteiger partial charge in [0.15, 0.2) is 17.4 Å². The quantitative estimate of drug-likeness (QED) is 0.624. The average Bonchev–Trinajstić information content (AvgIpc) is 3.31. The zero-order valence-corrected chi connectivity index (χ0v) is 15.9. The second-order valence-electron chi connectivity index (χ2n) is 5.45. The van der Waals surface area contributed by atoms with E-state index in [2.05, 4.69) is 15.2 Å². The molecule has 2 aromatic heterocycles. The third kappa shape index (κ3) is 4.41. The summed E-state index contributed by atoms with van der Waals surface area (Å²) in [6.45, 7) is 0.314. The number of ether oxygens (including phenoxy) is 1. The molecule has 1 amide bonds. The lowest BCUT2D eigenvalue weighted by Gasteiger charge is -2.17. The maximum Gasteiger partial charge on any atom is 0.233 e. The first kappa shape index (κ1) is 18.4. The Balaban J connectivity index is 1.54. The van der Waals surface area contributed by atoms with E-state index >= 15 is 0 Å². The molecule has 0 spiro atoms. The number of carbonyl (C=O) groups is 1. The Bertz CT molecular complexity index is 883. The molecule has 1 N–H and O–H groups in total. The largest absolute Gasteiger partial charge is 0.494 e. The Kier molecular flexibility index (Phi) is 5.89. The van der Waals surface area contributed by atoms with Gasteiger partial charge in [-0.25, -0.2) is 9.37 Å². The number of aromatic nitrogens is 3. The third-order valence-corrected chi connectivity index (χ3v) is 5.31. The molecule has 0 bridgehead atoms. The van der Waals surface area contributed by atoms with E-state index in [0.717, 1.165) is 4.88 Å². The highest BCUT2D eigenvalue weighted by Gasteiger charge is 2.14. The zero-order valence-electron chi connectivity index (χ0n) is 14.2. The number of thiophene rings is 1. The molecular formula is C17H17FN4O2S2. The number of nitrogens with one attached hydrogen (secondary N) is 1. The van der Waals surface area contributed by atoms with E-state index in [-0.39, 0.29) is 17.4 Å². The third-order valence-electron chi connectivity index (χ3n) is 3.61. The number of H-pyrrole nitrogens is 1. The number of rotatable bonds is 7. The second-order valence-corrected chi connectivity index (χ2v) is 7.34. The molecule has 2 heterocycles. The number of halogens is 1. The lowest BCUT2D eigenvalue weighted by molar-refractivity contribution is -0.127. The standard InChI is InChI=1S/C17H17FN4O2S2/c1-22(9-11-5-6-13(24-2)12(18)8-11)15(23)10-26-17-19-16(20-21-17)14-4-3-7-25-14/h3-8H,9-10H2,1-2H3,(H,19,20,21). The van der Waals surface area contributed by atoms with Crippen LogP contribution in [0.4, 0.5) is 4.39 Å². The van der Waals surface area contributed by atoms with E-state index in [4.69, 9.17) is 4.74 Å². The molecule has 136 valence electrons. The van der Waals surface area contributed by atoms with E-state index < -0.39 is 5.82 Å². The Morgan fingerprint density at radius 1 is 1.42 bits per heavy atom. The molecule has 26 heavy (non-hydrogen) atoms. The molecule has 0 saturated heterocycles. The minimum Gasteiger partial charge on any atom is -0.494 e. The predicted octanol–water partition coefficient (Wildman–Crippen LogP) is 3.43. The molecule has 3 aromatic rings. The van der Waals surface area contributed by atoms with Crippen LogP contribution in [0, 0.1) is 5.82 Å². The van der Waals surface area contributed by atoms with Gasteiger partial charge in [-0.1, -0.05) is 23.9 Å². The first-order valence-corrected chi connectivity index (χ1v) is 9.59. The van der Waals surface area contributed by atoms with Crippen molar-refractivity contribution >= 4 is 29.0 Å². The summed E-state index contributed by atoms with van der Waals surface area (Å²) < 4.78 is 18.6. The molecule has 6 nitrogen and oxygen atoms in total. The van der Waals surface area contributed by atoms with Crippen LogP contribution in [0.3, 0.4) is 0 Å². The Morgan fingerprint density at radius 2 is 2.27 bits per heavy atom. The SMILES string of the molecule is COc1ccc(CN(C)C(=O)CSc2n[nH]c(-c3cccs3)n2)cc1F. The molecule has 0 atom stereocenters. The minimum atomic E-state index is -0.443. The topological polar surface area (TPSA) is 71.1 Å². The fourth-order valence-electron chi connectivity index (χ4n) is 2.24. The lowest BCUT2D eigenvalue weighted by atomic mass is 10.2. The van der Waals surface area contributed by atoms with Crippen molar-refractivity contribution in [2.24, 2.45) is 0 Å². The van der Waals surface area contributed by atoms with Gasteiger partial charge in [-0.3, -0.25) is 9.89 Å². The van der Waals surface area contributed by atoms with Gasteiger partial charge in [0.25, 0.3) is 0 Å². The number of thioether (sulfide) groups is 1. The summed E-state index contributed by atoms with van der Waals surface area (Å²) in [6, 6.07) is 8.56. The number of aromatic amines is 1. The van der Waals surface area contributed by atoms with Gasteiger partial charge in [0, 0.05) is 13.6 Å². The highest BCUT2D eigenvalue weighted by atomic mass is 32.2. The number of benzene rings is 1. The van der Waals surface area contributed by atoms with Crippen LogP contribution in [-0.4, -0.2) is 45.9 Å². The van der Waals surface area contributed by atoms with Gasteiger partial charge in [-0.15, -0.1) is 16.4 Å². The first-order chi connectivity index (χ1) is 12.6. The summed E-state index contributed by atoms with van der Waals surface area (Å²) in [7, 11) is 3.10. The molecule has 0 unspecified atom stereocenters. The van der Waals surface area contributed by atoms with Crippen molar-refractivity contribution in [2.45, 2.75) is 11.7 Å². The Morgan fingerprint density at radius 3 is 2.96 bits per heavy atom. The number of carbonyl (C=O) groups excluding carboxylic acids is 1. The van der Waals surface area contributed by atoms with E-state index in [0.29, 0.717) is 23.1 Å². The van der Waals surface area contributed by atoms with Crippen LogP contribution in [0.25, 0.3) is 10.7 Å². The zero-order chi connectivity index (χ0) is 18.5. The van der Waals surface area contributed by atoms with Gasteiger partial charge >= 0.3 is 0 Å². The molecule has 0 radical (unpaired) electrons. The van der Waals surface area contributed by atoms with Crippen LogP contribution in [0.1, 0.15) is 5.56 Å². The predicted molar refractivity (Wildman–Crippen MR) is 99.8 cm³/mol. The number of methoxy groups -OCH3 is 1. The van der Waals surface area contributed by atoms with Gasteiger partial charge in [-0.05, 0) is 29.1 Å².